The van der Waals surface area contributed by atoms with E-state index in [2.05, 4.69) is 0 Å². The molecule has 14 heavy (non-hydrogen) atoms. The van der Waals surface area contributed by atoms with E-state index in [0.717, 1.165) is 25.7 Å². The van der Waals surface area contributed by atoms with E-state index >= 15 is 0 Å². The van der Waals surface area contributed by atoms with Crippen molar-refractivity contribution in [2.24, 2.45) is 17.8 Å². The average Bonchev–Trinajstić information content (AvgIpc) is 2.14. The third-order valence-corrected chi connectivity index (χ3v) is 3.65. The van der Waals surface area contributed by atoms with Crippen molar-refractivity contribution in [1.29, 1.82) is 0 Å². The Hall–Kier alpha value is -0.570. The highest BCUT2D eigenvalue weighted by Gasteiger charge is 2.38. The van der Waals surface area contributed by atoms with Gasteiger partial charge >= 0.3 is 5.97 Å². The number of esters is 1. The molecule has 2 aliphatic rings. The zero-order valence-electron chi connectivity index (χ0n) is 8.61. The monoisotopic (exact) mass is 198 g/mol. The number of hydrogen-bond acceptors (Lipinski definition) is 3. The van der Waals surface area contributed by atoms with Gasteiger partial charge in [-0.25, -0.2) is 0 Å². The van der Waals surface area contributed by atoms with E-state index in [-0.39, 0.29) is 18.0 Å². The number of rotatable bonds is 1. The molecule has 0 aromatic heterocycles. The second-order valence-electron chi connectivity index (χ2n) is 4.78. The summed E-state index contributed by atoms with van der Waals surface area (Å²) >= 11 is 0. The lowest BCUT2D eigenvalue weighted by Crippen LogP contribution is -2.36. The molecule has 0 radical (unpaired) electrons. The number of carbonyl (C=O) groups is 1. The highest BCUT2D eigenvalue weighted by atomic mass is 16.5. The normalized spacial score (nSPS) is 41.9. The molecule has 3 heteroatoms. The lowest BCUT2D eigenvalue weighted by Gasteiger charge is -2.39. The zero-order chi connectivity index (χ0) is 10.1. The molecule has 2 unspecified atom stereocenters. The fourth-order valence-corrected chi connectivity index (χ4v) is 3.17. The molecule has 0 aromatic rings. The summed E-state index contributed by atoms with van der Waals surface area (Å²) in [5, 5.41) is 9.58. The summed E-state index contributed by atoms with van der Waals surface area (Å²) in [5.74, 6) is 1.12. The zero-order valence-corrected chi connectivity index (χ0v) is 8.61. The maximum atomic E-state index is 11.4. The second-order valence-corrected chi connectivity index (χ2v) is 4.78. The number of ether oxygens (including phenoxy) is 1. The minimum absolute atomic E-state index is 0.0592. The summed E-state index contributed by atoms with van der Waals surface area (Å²) in [6, 6.07) is 0. The fourth-order valence-electron chi connectivity index (χ4n) is 3.17. The Morgan fingerprint density at radius 3 is 2.21 bits per heavy atom. The van der Waals surface area contributed by atoms with Crippen molar-refractivity contribution in [2.45, 2.75) is 38.2 Å². The molecular formula is C11H18O3. The first-order chi connectivity index (χ1) is 6.69. The SMILES string of the molecule is COC(=O)C1CC2CC(O)CC(C2)C1. The van der Waals surface area contributed by atoms with Gasteiger partial charge in [0.1, 0.15) is 0 Å². The number of aliphatic hydroxyl groups is 1. The van der Waals surface area contributed by atoms with Crippen molar-refractivity contribution in [1.82, 2.24) is 0 Å². The highest BCUT2D eigenvalue weighted by Crippen LogP contribution is 2.42. The van der Waals surface area contributed by atoms with Crippen molar-refractivity contribution in [3.8, 4) is 0 Å². The van der Waals surface area contributed by atoms with Crippen molar-refractivity contribution >= 4 is 5.97 Å². The minimum atomic E-state index is -0.127. The van der Waals surface area contributed by atoms with Crippen LogP contribution >= 0.6 is 0 Å². The minimum Gasteiger partial charge on any atom is -0.469 e. The van der Waals surface area contributed by atoms with Crippen LogP contribution in [0.2, 0.25) is 0 Å². The van der Waals surface area contributed by atoms with Gasteiger partial charge in [-0.3, -0.25) is 4.79 Å². The van der Waals surface area contributed by atoms with Crippen molar-refractivity contribution < 1.29 is 14.6 Å². The van der Waals surface area contributed by atoms with Gasteiger partial charge in [0.05, 0.1) is 19.1 Å². The average molecular weight is 198 g/mol. The van der Waals surface area contributed by atoms with E-state index in [1.807, 2.05) is 0 Å². The summed E-state index contributed by atoms with van der Waals surface area (Å²) in [6.45, 7) is 0. The summed E-state index contributed by atoms with van der Waals surface area (Å²) in [5.41, 5.74) is 0. The first-order valence-corrected chi connectivity index (χ1v) is 5.45. The van der Waals surface area contributed by atoms with Gasteiger partial charge in [-0.05, 0) is 43.9 Å². The lowest BCUT2D eigenvalue weighted by molar-refractivity contribution is -0.149. The molecule has 2 fully saturated rings. The predicted octanol–water partition coefficient (Wildman–Crippen LogP) is 1.35. The molecule has 0 saturated heterocycles. The van der Waals surface area contributed by atoms with E-state index in [4.69, 9.17) is 4.74 Å². The highest BCUT2D eigenvalue weighted by molar-refractivity contribution is 5.72. The van der Waals surface area contributed by atoms with Crippen LogP contribution in [0.15, 0.2) is 0 Å². The maximum absolute atomic E-state index is 11.4. The van der Waals surface area contributed by atoms with Crippen LogP contribution in [0.5, 0.6) is 0 Å². The molecule has 1 N–H and O–H groups in total. The van der Waals surface area contributed by atoms with Gasteiger partial charge in [0.25, 0.3) is 0 Å². The Bertz CT molecular complexity index is 209. The Kier molecular flexibility index (Phi) is 2.77. The molecule has 0 heterocycles. The third kappa shape index (κ3) is 1.92. The van der Waals surface area contributed by atoms with E-state index in [1.54, 1.807) is 0 Å². The second kappa shape index (κ2) is 3.89. The summed E-state index contributed by atoms with van der Waals surface area (Å²) in [7, 11) is 1.46. The van der Waals surface area contributed by atoms with Gasteiger partial charge in [-0.2, -0.15) is 0 Å². The van der Waals surface area contributed by atoms with Crippen LogP contribution in [0.4, 0.5) is 0 Å². The van der Waals surface area contributed by atoms with Crippen molar-refractivity contribution in [2.75, 3.05) is 7.11 Å². The lowest BCUT2D eigenvalue weighted by atomic mass is 9.67. The van der Waals surface area contributed by atoms with E-state index in [0.29, 0.717) is 11.8 Å². The number of aliphatic hydroxyl groups excluding tert-OH is 1. The van der Waals surface area contributed by atoms with Gasteiger partial charge in [-0.1, -0.05) is 0 Å². The maximum Gasteiger partial charge on any atom is 0.308 e. The van der Waals surface area contributed by atoms with Gasteiger partial charge in [-0.15, -0.1) is 0 Å². The number of fused-ring (bicyclic) bond motifs is 2. The first kappa shape index (κ1) is 9.97. The molecule has 2 rings (SSSR count). The van der Waals surface area contributed by atoms with Crippen molar-refractivity contribution in [3.63, 3.8) is 0 Å². The standard InChI is InChI=1S/C11H18O3/c1-14-11(13)9-3-7-2-8(4-9)6-10(12)5-7/h7-10,12H,2-6H2,1H3. The summed E-state index contributed by atoms with van der Waals surface area (Å²) < 4.78 is 4.78. The topological polar surface area (TPSA) is 46.5 Å². The molecule has 0 aliphatic heterocycles. The van der Waals surface area contributed by atoms with Gasteiger partial charge < -0.3 is 9.84 Å². The summed E-state index contributed by atoms with van der Waals surface area (Å²) in [4.78, 5) is 11.4. The van der Waals surface area contributed by atoms with Gasteiger partial charge in [0.15, 0.2) is 0 Å². The predicted molar refractivity (Wildman–Crippen MR) is 51.6 cm³/mol. The summed E-state index contributed by atoms with van der Waals surface area (Å²) in [6.07, 6.45) is 4.66. The quantitative estimate of drug-likeness (QED) is 0.647. The largest absolute Gasteiger partial charge is 0.469 e. The van der Waals surface area contributed by atoms with Crippen LogP contribution in [0.3, 0.4) is 0 Å². The van der Waals surface area contributed by atoms with Gasteiger partial charge in [0, 0.05) is 0 Å². The molecule has 0 spiro atoms. The molecular weight excluding hydrogens is 180 g/mol. The van der Waals surface area contributed by atoms with Gasteiger partial charge in [0.2, 0.25) is 0 Å². The van der Waals surface area contributed by atoms with Crippen LogP contribution in [-0.2, 0) is 9.53 Å². The number of hydrogen-bond donors (Lipinski definition) is 1. The molecule has 2 bridgehead atoms. The fraction of sp³-hybridized carbons (Fsp3) is 0.909. The Morgan fingerprint density at radius 1 is 1.14 bits per heavy atom. The van der Waals surface area contributed by atoms with Crippen LogP contribution in [0.25, 0.3) is 0 Å². The smallest absolute Gasteiger partial charge is 0.308 e. The Balaban J connectivity index is 1.98. The van der Waals surface area contributed by atoms with E-state index in [9.17, 15) is 9.90 Å². The van der Waals surface area contributed by atoms with Crippen LogP contribution in [-0.4, -0.2) is 24.3 Å². The van der Waals surface area contributed by atoms with Crippen LogP contribution in [0.1, 0.15) is 32.1 Å². The molecule has 80 valence electrons. The van der Waals surface area contributed by atoms with Crippen LogP contribution < -0.4 is 0 Å². The molecule has 0 amide bonds. The molecule has 2 atom stereocenters. The molecule has 2 aliphatic carbocycles. The molecule has 3 nitrogen and oxygen atoms in total. The van der Waals surface area contributed by atoms with Crippen LogP contribution in [0, 0.1) is 17.8 Å². The third-order valence-electron chi connectivity index (χ3n) is 3.65. The Labute approximate surface area is 84.4 Å². The first-order valence-electron chi connectivity index (χ1n) is 5.45. The number of carbonyl (C=O) groups excluding carboxylic acids is 1. The van der Waals surface area contributed by atoms with E-state index < -0.39 is 0 Å². The molecule has 2 saturated carbocycles. The van der Waals surface area contributed by atoms with E-state index in [1.165, 1.54) is 13.5 Å². The molecule has 0 aromatic carbocycles. The van der Waals surface area contributed by atoms with Crippen molar-refractivity contribution in [3.05, 3.63) is 0 Å². The number of methoxy groups -OCH3 is 1. The Morgan fingerprint density at radius 2 is 1.71 bits per heavy atom.